The van der Waals surface area contributed by atoms with Crippen molar-refractivity contribution >= 4 is 28.5 Å². The van der Waals surface area contributed by atoms with Crippen molar-refractivity contribution in [1.82, 2.24) is 25.1 Å². The quantitative estimate of drug-likeness (QED) is 0.479. The van der Waals surface area contributed by atoms with E-state index in [0.29, 0.717) is 22.1 Å². The minimum atomic E-state index is -0.365. The first-order valence-corrected chi connectivity index (χ1v) is 10.4. The molecule has 2 aromatic heterocycles. The van der Waals surface area contributed by atoms with Gasteiger partial charge in [-0.2, -0.15) is 5.10 Å². The van der Waals surface area contributed by atoms with Crippen LogP contribution in [0.5, 0.6) is 0 Å². The fourth-order valence-electron chi connectivity index (χ4n) is 3.40. The number of para-hydroxylation sites is 2. The Morgan fingerprint density at radius 3 is 2.58 bits per heavy atom. The fourth-order valence-corrected chi connectivity index (χ4v) is 3.63. The summed E-state index contributed by atoms with van der Waals surface area (Å²) in [5, 5.41) is 7.84. The number of hydrogen-bond acceptors (Lipinski definition) is 4. The van der Waals surface area contributed by atoms with E-state index in [4.69, 9.17) is 11.6 Å². The predicted molar refractivity (Wildman–Crippen MR) is 121 cm³/mol. The number of amides is 1. The van der Waals surface area contributed by atoms with E-state index in [9.17, 15) is 9.59 Å². The molecule has 0 aliphatic heterocycles. The average molecular weight is 436 g/mol. The first-order chi connectivity index (χ1) is 14.9. The van der Waals surface area contributed by atoms with Crippen molar-refractivity contribution in [1.29, 1.82) is 0 Å². The van der Waals surface area contributed by atoms with Gasteiger partial charge in [0.2, 0.25) is 5.91 Å². The van der Waals surface area contributed by atoms with Crippen LogP contribution in [0.3, 0.4) is 0 Å². The number of rotatable bonds is 6. The van der Waals surface area contributed by atoms with Gasteiger partial charge < -0.3 is 10.3 Å². The molecule has 0 aliphatic carbocycles. The Balaban J connectivity index is 1.56. The molecule has 0 saturated carbocycles. The molecule has 1 unspecified atom stereocenters. The number of nitrogens with zero attached hydrogens (tertiary/aromatic N) is 3. The van der Waals surface area contributed by atoms with Crippen molar-refractivity contribution in [2.45, 2.75) is 26.4 Å². The van der Waals surface area contributed by atoms with Gasteiger partial charge in [-0.1, -0.05) is 55.8 Å². The molecule has 1 atom stereocenters. The van der Waals surface area contributed by atoms with Crippen LogP contribution in [0.15, 0.2) is 65.5 Å². The Labute approximate surface area is 184 Å². The maximum atomic E-state index is 12.8. The number of fused-ring (bicyclic) bond motifs is 1. The topological polar surface area (TPSA) is 92.7 Å². The van der Waals surface area contributed by atoms with Crippen LogP contribution < -0.4 is 10.9 Å². The number of carbonyl (C=O) groups excluding carboxylic acids is 1. The highest BCUT2D eigenvalue weighted by Crippen LogP contribution is 2.25. The summed E-state index contributed by atoms with van der Waals surface area (Å²) in [5.41, 5.74) is 2.59. The number of H-pyrrole nitrogens is 1. The van der Waals surface area contributed by atoms with Crippen LogP contribution >= 0.6 is 11.6 Å². The van der Waals surface area contributed by atoms with E-state index >= 15 is 0 Å². The molecule has 0 fully saturated rings. The van der Waals surface area contributed by atoms with Gasteiger partial charge in [0.05, 0.1) is 27.8 Å². The SMILES string of the molecule is CC(C)C(NC(=O)Cn1nc(-c2ccccc2Cl)ccc1=O)c1nc2ccccc2[nH]1. The number of aromatic nitrogens is 4. The van der Waals surface area contributed by atoms with Crippen LogP contribution in [0.2, 0.25) is 5.02 Å². The minimum absolute atomic E-state index is 0.0867. The van der Waals surface area contributed by atoms with Crippen LogP contribution in [0, 0.1) is 5.92 Å². The standard InChI is InChI=1S/C23H22ClN5O2/c1-14(2)22(23-25-18-9-5-6-10-19(18)26-23)27-20(30)13-29-21(31)12-11-17(28-29)15-7-3-4-8-16(15)24/h3-12,14,22H,13H2,1-2H3,(H,25,26)(H,27,30). The summed E-state index contributed by atoms with van der Waals surface area (Å²) in [6.45, 7) is 3.79. The molecule has 0 spiro atoms. The summed E-state index contributed by atoms with van der Waals surface area (Å²) in [6, 6.07) is 17.6. The van der Waals surface area contributed by atoms with Gasteiger partial charge in [0.15, 0.2) is 0 Å². The predicted octanol–water partition coefficient (Wildman–Crippen LogP) is 3.95. The third-order valence-electron chi connectivity index (χ3n) is 5.00. The molecule has 0 aliphatic rings. The zero-order valence-corrected chi connectivity index (χ0v) is 17.9. The molecule has 1 amide bonds. The second-order valence-electron chi connectivity index (χ2n) is 7.62. The lowest BCUT2D eigenvalue weighted by Crippen LogP contribution is -2.37. The molecule has 0 bridgehead atoms. The molecule has 8 heteroatoms. The van der Waals surface area contributed by atoms with Crippen molar-refractivity contribution in [3.05, 3.63) is 81.9 Å². The molecule has 2 aromatic carbocycles. The lowest BCUT2D eigenvalue weighted by atomic mass is 10.0. The highest BCUT2D eigenvalue weighted by molar-refractivity contribution is 6.33. The normalized spacial score (nSPS) is 12.3. The molecule has 31 heavy (non-hydrogen) atoms. The number of carbonyl (C=O) groups is 1. The van der Waals surface area contributed by atoms with Gasteiger partial charge in [-0.05, 0) is 30.2 Å². The smallest absolute Gasteiger partial charge is 0.267 e. The maximum absolute atomic E-state index is 12.8. The Hall–Kier alpha value is -3.45. The minimum Gasteiger partial charge on any atom is -0.344 e. The van der Waals surface area contributed by atoms with Gasteiger partial charge >= 0.3 is 0 Å². The molecule has 7 nitrogen and oxygen atoms in total. The lowest BCUT2D eigenvalue weighted by Gasteiger charge is -2.20. The summed E-state index contributed by atoms with van der Waals surface area (Å²) in [5.74, 6) is 0.434. The Bertz CT molecular complexity index is 1260. The van der Waals surface area contributed by atoms with Crippen LogP contribution in [0.25, 0.3) is 22.3 Å². The number of halogens is 1. The summed E-state index contributed by atoms with van der Waals surface area (Å²) < 4.78 is 1.14. The van der Waals surface area contributed by atoms with Gasteiger partial charge in [0, 0.05) is 11.6 Å². The van der Waals surface area contributed by atoms with E-state index in [1.807, 2.05) is 56.3 Å². The van der Waals surface area contributed by atoms with Gasteiger partial charge in [-0.25, -0.2) is 9.67 Å². The fraction of sp³-hybridized carbons (Fsp3) is 0.217. The highest BCUT2D eigenvalue weighted by Gasteiger charge is 2.22. The van der Waals surface area contributed by atoms with Crippen molar-refractivity contribution in [3.63, 3.8) is 0 Å². The van der Waals surface area contributed by atoms with E-state index in [1.54, 1.807) is 12.1 Å². The van der Waals surface area contributed by atoms with Crippen LogP contribution in [0.1, 0.15) is 25.7 Å². The van der Waals surface area contributed by atoms with Crippen molar-refractivity contribution in [2.75, 3.05) is 0 Å². The maximum Gasteiger partial charge on any atom is 0.267 e. The van der Waals surface area contributed by atoms with Gasteiger partial charge in [0.1, 0.15) is 12.4 Å². The van der Waals surface area contributed by atoms with E-state index < -0.39 is 0 Å². The van der Waals surface area contributed by atoms with Crippen LogP contribution in [-0.2, 0) is 11.3 Å². The molecule has 2 heterocycles. The molecule has 0 radical (unpaired) electrons. The van der Waals surface area contributed by atoms with E-state index in [2.05, 4.69) is 20.4 Å². The molecule has 2 N–H and O–H groups in total. The summed E-state index contributed by atoms with van der Waals surface area (Å²) in [4.78, 5) is 33.0. The first kappa shape index (κ1) is 20.8. The average Bonchev–Trinajstić information content (AvgIpc) is 3.17. The van der Waals surface area contributed by atoms with E-state index in [0.717, 1.165) is 15.7 Å². The summed E-state index contributed by atoms with van der Waals surface area (Å²) in [6.07, 6.45) is 0. The second-order valence-corrected chi connectivity index (χ2v) is 8.03. The molecule has 158 valence electrons. The van der Waals surface area contributed by atoms with Gasteiger partial charge in [-0.3, -0.25) is 9.59 Å². The van der Waals surface area contributed by atoms with Crippen molar-refractivity contribution in [3.8, 4) is 11.3 Å². The third-order valence-corrected chi connectivity index (χ3v) is 5.32. The molecule has 4 rings (SSSR count). The molecular weight excluding hydrogens is 414 g/mol. The van der Waals surface area contributed by atoms with Crippen LogP contribution in [-0.4, -0.2) is 25.7 Å². The highest BCUT2D eigenvalue weighted by atomic mass is 35.5. The van der Waals surface area contributed by atoms with Crippen molar-refractivity contribution < 1.29 is 4.79 Å². The summed E-state index contributed by atoms with van der Waals surface area (Å²) in [7, 11) is 0. The monoisotopic (exact) mass is 435 g/mol. The number of benzene rings is 2. The Morgan fingerprint density at radius 2 is 1.84 bits per heavy atom. The van der Waals surface area contributed by atoms with E-state index in [-0.39, 0.29) is 30.0 Å². The Kier molecular flexibility index (Phi) is 5.86. The third kappa shape index (κ3) is 4.51. The number of imidazole rings is 1. The van der Waals surface area contributed by atoms with E-state index in [1.165, 1.54) is 6.07 Å². The van der Waals surface area contributed by atoms with Crippen LogP contribution in [0.4, 0.5) is 0 Å². The molecule has 4 aromatic rings. The second kappa shape index (κ2) is 8.73. The molecular formula is C23H22ClN5O2. The van der Waals surface area contributed by atoms with Gasteiger partial charge in [0.25, 0.3) is 5.56 Å². The number of hydrogen-bond donors (Lipinski definition) is 2. The molecule has 0 saturated heterocycles. The van der Waals surface area contributed by atoms with Crippen molar-refractivity contribution in [2.24, 2.45) is 5.92 Å². The zero-order chi connectivity index (χ0) is 22.0. The largest absolute Gasteiger partial charge is 0.344 e. The lowest BCUT2D eigenvalue weighted by molar-refractivity contribution is -0.123. The number of aromatic amines is 1. The summed E-state index contributed by atoms with van der Waals surface area (Å²) >= 11 is 6.24. The zero-order valence-electron chi connectivity index (χ0n) is 17.2. The Morgan fingerprint density at radius 1 is 1.10 bits per heavy atom. The van der Waals surface area contributed by atoms with Gasteiger partial charge in [-0.15, -0.1) is 0 Å². The first-order valence-electron chi connectivity index (χ1n) is 9.99. The number of nitrogens with one attached hydrogen (secondary N) is 2.